The second-order valence-corrected chi connectivity index (χ2v) is 6.56. The van der Waals surface area contributed by atoms with Crippen molar-refractivity contribution < 1.29 is 19.5 Å². The van der Waals surface area contributed by atoms with Gasteiger partial charge < -0.3 is 20.2 Å². The molecule has 1 aliphatic heterocycles. The van der Waals surface area contributed by atoms with Crippen LogP contribution in [0.1, 0.15) is 38.4 Å². The van der Waals surface area contributed by atoms with Gasteiger partial charge in [-0.3, -0.25) is 9.59 Å². The first-order valence-corrected chi connectivity index (χ1v) is 8.66. The first-order valence-electron chi connectivity index (χ1n) is 8.66. The number of hydrogen-bond acceptors (Lipinski definition) is 5. The number of nitrogens with zero attached hydrogens (tertiary/aromatic N) is 2. The van der Waals surface area contributed by atoms with Crippen LogP contribution in [0.3, 0.4) is 0 Å². The van der Waals surface area contributed by atoms with Crippen LogP contribution in [0.15, 0.2) is 29.4 Å². The molecule has 0 unspecified atom stereocenters. The van der Waals surface area contributed by atoms with Gasteiger partial charge in [0.1, 0.15) is 11.9 Å². The van der Waals surface area contributed by atoms with Gasteiger partial charge in [0.05, 0.1) is 29.6 Å². The first-order chi connectivity index (χ1) is 12.5. The van der Waals surface area contributed by atoms with Gasteiger partial charge in [-0.1, -0.05) is 17.3 Å². The SMILES string of the molecule is C[C@H](CC(=O)O)NC(=O)C[C@H]1CC(CCc2nc3ccccc3[nH]2)=NO1. The third-order valence-corrected chi connectivity index (χ3v) is 4.18. The molecule has 2 atom stereocenters. The highest BCUT2D eigenvalue weighted by molar-refractivity contribution is 5.87. The summed E-state index contributed by atoms with van der Waals surface area (Å²) in [5.74, 6) is -0.263. The molecule has 8 heteroatoms. The molecule has 1 aliphatic rings. The van der Waals surface area contributed by atoms with Crippen molar-refractivity contribution in [1.82, 2.24) is 15.3 Å². The smallest absolute Gasteiger partial charge is 0.305 e. The lowest BCUT2D eigenvalue weighted by Gasteiger charge is -2.13. The maximum Gasteiger partial charge on any atom is 0.305 e. The van der Waals surface area contributed by atoms with Crippen molar-refractivity contribution in [3.05, 3.63) is 30.1 Å². The predicted octanol–water partition coefficient (Wildman–Crippen LogP) is 2.01. The van der Waals surface area contributed by atoms with Crippen LogP contribution in [-0.4, -0.2) is 44.8 Å². The van der Waals surface area contributed by atoms with E-state index in [1.54, 1.807) is 6.92 Å². The van der Waals surface area contributed by atoms with Gasteiger partial charge >= 0.3 is 5.97 Å². The van der Waals surface area contributed by atoms with E-state index in [0.717, 1.165) is 29.0 Å². The summed E-state index contributed by atoms with van der Waals surface area (Å²) in [6, 6.07) is 7.46. The van der Waals surface area contributed by atoms with E-state index >= 15 is 0 Å². The molecule has 1 aromatic carbocycles. The summed E-state index contributed by atoms with van der Waals surface area (Å²) in [6.07, 6.45) is 1.82. The van der Waals surface area contributed by atoms with Crippen LogP contribution >= 0.6 is 0 Å². The summed E-state index contributed by atoms with van der Waals surface area (Å²) in [6.45, 7) is 1.66. The molecule has 0 fully saturated rings. The van der Waals surface area contributed by atoms with E-state index < -0.39 is 12.0 Å². The zero-order valence-corrected chi connectivity index (χ0v) is 14.6. The number of carboxylic acids is 1. The monoisotopic (exact) mass is 358 g/mol. The normalized spacial score (nSPS) is 17.6. The summed E-state index contributed by atoms with van der Waals surface area (Å²) < 4.78 is 0. The third-order valence-electron chi connectivity index (χ3n) is 4.18. The van der Waals surface area contributed by atoms with Crippen LogP contribution in [0.4, 0.5) is 0 Å². The predicted molar refractivity (Wildman–Crippen MR) is 95.8 cm³/mol. The standard InChI is InChI=1S/C18H22N4O4/c1-11(8-18(24)25)19-17(23)10-13-9-12(22-26-13)6-7-16-20-14-4-2-3-5-15(14)21-16/h2-5,11,13H,6-10H2,1H3,(H,19,23)(H,20,21)(H,24,25)/t11-,13-/m1/s1. The van der Waals surface area contributed by atoms with Gasteiger partial charge in [-0.15, -0.1) is 0 Å². The highest BCUT2D eigenvalue weighted by Gasteiger charge is 2.24. The van der Waals surface area contributed by atoms with Crippen molar-refractivity contribution >= 4 is 28.6 Å². The number of aromatic nitrogens is 2. The van der Waals surface area contributed by atoms with E-state index in [-0.39, 0.29) is 24.9 Å². The first kappa shape index (κ1) is 17.9. The Morgan fingerprint density at radius 2 is 2.19 bits per heavy atom. The van der Waals surface area contributed by atoms with Gasteiger partial charge in [-0.05, 0) is 25.5 Å². The number of carbonyl (C=O) groups excluding carboxylic acids is 1. The summed E-state index contributed by atoms with van der Waals surface area (Å²) in [7, 11) is 0. The van der Waals surface area contributed by atoms with E-state index in [4.69, 9.17) is 9.94 Å². The molecule has 1 aromatic heterocycles. The molecular weight excluding hydrogens is 336 g/mol. The molecule has 2 heterocycles. The van der Waals surface area contributed by atoms with Crippen molar-refractivity contribution in [3.63, 3.8) is 0 Å². The lowest BCUT2D eigenvalue weighted by Crippen LogP contribution is -2.36. The second-order valence-electron chi connectivity index (χ2n) is 6.56. The van der Waals surface area contributed by atoms with Crippen molar-refractivity contribution in [2.24, 2.45) is 5.16 Å². The number of aromatic amines is 1. The average molecular weight is 358 g/mol. The van der Waals surface area contributed by atoms with Crippen LogP contribution in [-0.2, 0) is 20.8 Å². The largest absolute Gasteiger partial charge is 0.481 e. The molecular formula is C18H22N4O4. The summed E-state index contributed by atoms with van der Waals surface area (Å²) in [5, 5.41) is 15.4. The number of nitrogens with one attached hydrogen (secondary N) is 2. The molecule has 0 bridgehead atoms. The highest BCUT2D eigenvalue weighted by Crippen LogP contribution is 2.18. The molecule has 3 N–H and O–H groups in total. The lowest BCUT2D eigenvalue weighted by molar-refractivity contribution is -0.137. The van der Waals surface area contributed by atoms with Gasteiger partial charge in [0.25, 0.3) is 0 Å². The number of H-pyrrole nitrogens is 1. The molecule has 3 rings (SSSR count). The van der Waals surface area contributed by atoms with Crippen molar-refractivity contribution in [2.45, 2.75) is 51.2 Å². The van der Waals surface area contributed by atoms with Gasteiger partial charge in [0.2, 0.25) is 5.91 Å². The minimum absolute atomic E-state index is 0.101. The number of oxime groups is 1. The average Bonchev–Trinajstić information content (AvgIpc) is 3.17. The number of rotatable bonds is 8. The Kier molecular flexibility index (Phi) is 5.50. The lowest BCUT2D eigenvalue weighted by atomic mass is 10.1. The van der Waals surface area contributed by atoms with Gasteiger partial charge in [0.15, 0.2) is 0 Å². The van der Waals surface area contributed by atoms with Gasteiger partial charge in [0, 0.05) is 18.9 Å². The topological polar surface area (TPSA) is 117 Å². The van der Waals surface area contributed by atoms with Crippen molar-refractivity contribution in [3.8, 4) is 0 Å². The zero-order chi connectivity index (χ0) is 18.5. The molecule has 0 saturated heterocycles. The zero-order valence-electron chi connectivity index (χ0n) is 14.6. The second kappa shape index (κ2) is 7.99. The maximum absolute atomic E-state index is 11.9. The third kappa shape index (κ3) is 4.81. The fourth-order valence-corrected chi connectivity index (χ4v) is 2.98. The Morgan fingerprint density at radius 3 is 2.96 bits per heavy atom. The Bertz CT molecular complexity index is 796. The fourth-order valence-electron chi connectivity index (χ4n) is 2.98. The molecule has 8 nitrogen and oxygen atoms in total. The number of fused-ring (bicyclic) bond motifs is 1. The molecule has 0 saturated carbocycles. The minimum Gasteiger partial charge on any atom is -0.481 e. The Labute approximate surface area is 150 Å². The quantitative estimate of drug-likeness (QED) is 0.667. The van der Waals surface area contributed by atoms with E-state index in [9.17, 15) is 9.59 Å². The summed E-state index contributed by atoms with van der Waals surface area (Å²) in [4.78, 5) is 35.7. The number of imidazole rings is 1. The summed E-state index contributed by atoms with van der Waals surface area (Å²) >= 11 is 0. The van der Waals surface area contributed by atoms with Gasteiger partial charge in [-0.25, -0.2) is 4.98 Å². The van der Waals surface area contributed by atoms with Crippen LogP contribution in [0.25, 0.3) is 11.0 Å². The number of hydrogen-bond donors (Lipinski definition) is 3. The van der Waals surface area contributed by atoms with Crippen LogP contribution < -0.4 is 5.32 Å². The van der Waals surface area contributed by atoms with Crippen LogP contribution in [0.2, 0.25) is 0 Å². The number of aryl methyl sites for hydroxylation is 1. The van der Waals surface area contributed by atoms with Crippen LogP contribution in [0, 0.1) is 0 Å². The molecule has 26 heavy (non-hydrogen) atoms. The fraction of sp³-hybridized carbons (Fsp3) is 0.444. The minimum atomic E-state index is -0.939. The number of para-hydroxylation sites is 2. The number of carboxylic acid groups (broad SMARTS) is 1. The Morgan fingerprint density at radius 1 is 1.38 bits per heavy atom. The highest BCUT2D eigenvalue weighted by atomic mass is 16.6. The molecule has 0 spiro atoms. The molecule has 138 valence electrons. The maximum atomic E-state index is 11.9. The molecule has 0 aliphatic carbocycles. The number of aliphatic carboxylic acids is 1. The molecule has 2 aromatic rings. The number of benzene rings is 1. The van der Waals surface area contributed by atoms with Crippen molar-refractivity contribution in [1.29, 1.82) is 0 Å². The number of amides is 1. The Hall–Kier alpha value is -2.90. The van der Waals surface area contributed by atoms with E-state index in [0.29, 0.717) is 12.8 Å². The van der Waals surface area contributed by atoms with Crippen LogP contribution in [0.5, 0.6) is 0 Å². The van der Waals surface area contributed by atoms with E-state index in [1.807, 2.05) is 24.3 Å². The molecule has 0 radical (unpaired) electrons. The summed E-state index contributed by atoms with van der Waals surface area (Å²) in [5.41, 5.74) is 2.86. The van der Waals surface area contributed by atoms with Crippen molar-refractivity contribution in [2.75, 3.05) is 0 Å². The molecule has 1 amide bonds. The van der Waals surface area contributed by atoms with Gasteiger partial charge in [-0.2, -0.15) is 0 Å². The Balaban J connectivity index is 1.42. The number of carbonyl (C=O) groups is 2. The van der Waals surface area contributed by atoms with E-state index in [1.165, 1.54) is 0 Å². The van der Waals surface area contributed by atoms with E-state index in [2.05, 4.69) is 20.4 Å².